The van der Waals surface area contributed by atoms with Gasteiger partial charge in [0, 0.05) is 6.54 Å². The highest BCUT2D eigenvalue weighted by Crippen LogP contribution is 2.18. The van der Waals surface area contributed by atoms with E-state index in [1.54, 1.807) is 17.0 Å². The zero-order valence-corrected chi connectivity index (χ0v) is 9.40. The summed E-state index contributed by atoms with van der Waals surface area (Å²) in [5.74, 6) is -0.363. The summed E-state index contributed by atoms with van der Waals surface area (Å²) < 4.78 is 12.7. The van der Waals surface area contributed by atoms with Gasteiger partial charge < -0.3 is 4.90 Å². The Morgan fingerprint density at radius 2 is 2.18 bits per heavy atom. The van der Waals surface area contributed by atoms with E-state index in [0.29, 0.717) is 6.54 Å². The largest absolute Gasteiger partial charge is 0.326 e. The molecule has 1 fully saturated rings. The van der Waals surface area contributed by atoms with Crippen molar-refractivity contribution in [1.29, 1.82) is 5.26 Å². The lowest BCUT2D eigenvalue weighted by Crippen LogP contribution is -2.35. The maximum atomic E-state index is 12.7. The molecular weight excluding hydrogens is 219 g/mol. The molecular formula is C13H13FN2O. The molecule has 0 spiro atoms. The topological polar surface area (TPSA) is 44.1 Å². The average molecular weight is 232 g/mol. The fraction of sp³-hybridized carbons (Fsp3) is 0.385. The van der Waals surface area contributed by atoms with Gasteiger partial charge in [-0.05, 0) is 30.5 Å². The molecule has 0 aromatic heterocycles. The van der Waals surface area contributed by atoms with Gasteiger partial charge in [-0.1, -0.05) is 12.1 Å². The lowest BCUT2D eigenvalue weighted by atomic mass is 10.1. The number of carbonyl (C=O) groups is 1. The highest BCUT2D eigenvalue weighted by atomic mass is 19.1. The van der Waals surface area contributed by atoms with Crippen LogP contribution in [-0.4, -0.2) is 23.4 Å². The first-order valence-corrected chi connectivity index (χ1v) is 5.64. The van der Waals surface area contributed by atoms with Crippen LogP contribution in [0.15, 0.2) is 24.3 Å². The van der Waals surface area contributed by atoms with Crippen molar-refractivity contribution in [3.05, 3.63) is 35.6 Å². The second kappa shape index (κ2) is 4.96. The Morgan fingerprint density at radius 3 is 2.82 bits per heavy atom. The summed E-state index contributed by atoms with van der Waals surface area (Å²) >= 11 is 0. The molecule has 1 aromatic carbocycles. The number of nitrogens with zero attached hydrogens (tertiary/aromatic N) is 2. The van der Waals surface area contributed by atoms with E-state index in [2.05, 4.69) is 6.07 Å². The summed E-state index contributed by atoms with van der Waals surface area (Å²) in [6.07, 6.45) is 1.87. The van der Waals surface area contributed by atoms with Gasteiger partial charge in [0.15, 0.2) is 0 Å². The Labute approximate surface area is 99.5 Å². The van der Waals surface area contributed by atoms with E-state index in [4.69, 9.17) is 5.26 Å². The zero-order chi connectivity index (χ0) is 12.3. The van der Waals surface area contributed by atoms with Crippen LogP contribution >= 0.6 is 0 Å². The van der Waals surface area contributed by atoms with Crippen LogP contribution in [-0.2, 0) is 11.2 Å². The van der Waals surface area contributed by atoms with Crippen LogP contribution in [0, 0.1) is 17.1 Å². The third-order valence-corrected chi connectivity index (χ3v) is 2.99. The quantitative estimate of drug-likeness (QED) is 0.781. The summed E-state index contributed by atoms with van der Waals surface area (Å²) in [6.45, 7) is 0.651. The third kappa shape index (κ3) is 2.62. The van der Waals surface area contributed by atoms with Gasteiger partial charge in [0.25, 0.3) is 0 Å². The fourth-order valence-corrected chi connectivity index (χ4v) is 2.08. The van der Waals surface area contributed by atoms with E-state index >= 15 is 0 Å². The van der Waals surface area contributed by atoms with Crippen molar-refractivity contribution in [2.75, 3.05) is 6.54 Å². The summed E-state index contributed by atoms with van der Waals surface area (Å²) in [6, 6.07) is 7.73. The summed E-state index contributed by atoms with van der Waals surface area (Å²) in [5.41, 5.74) is 0.778. The van der Waals surface area contributed by atoms with Crippen LogP contribution in [0.3, 0.4) is 0 Å². The Hall–Kier alpha value is -1.89. The van der Waals surface area contributed by atoms with E-state index in [1.165, 1.54) is 12.1 Å². The molecule has 1 heterocycles. The van der Waals surface area contributed by atoms with Crippen LogP contribution in [0.4, 0.5) is 4.39 Å². The van der Waals surface area contributed by atoms with E-state index in [-0.39, 0.29) is 24.2 Å². The van der Waals surface area contributed by atoms with Crippen LogP contribution in [0.5, 0.6) is 0 Å². The molecule has 0 bridgehead atoms. The van der Waals surface area contributed by atoms with E-state index in [9.17, 15) is 9.18 Å². The molecule has 0 saturated carbocycles. The van der Waals surface area contributed by atoms with Gasteiger partial charge >= 0.3 is 0 Å². The molecule has 1 aromatic rings. The Bertz CT molecular complexity index is 449. The molecule has 4 heteroatoms. The van der Waals surface area contributed by atoms with Crippen molar-refractivity contribution < 1.29 is 9.18 Å². The molecule has 0 N–H and O–H groups in total. The number of hydrogen-bond donors (Lipinski definition) is 0. The number of halogens is 1. The average Bonchev–Trinajstić information content (AvgIpc) is 2.80. The molecule has 3 nitrogen and oxygen atoms in total. The number of hydrogen-bond acceptors (Lipinski definition) is 2. The number of nitriles is 1. The van der Waals surface area contributed by atoms with Crippen LogP contribution in [0.1, 0.15) is 18.4 Å². The first-order valence-electron chi connectivity index (χ1n) is 5.64. The van der Waals surface area contributed by atoms with Crippen LogP contribution in [0.25, 0.3) is 0 Å². The summed E-state index contributed by atoms with van der Waals surface area (Å²) in [4.78, 5) is 13.6. The molecule has 17 heavy (non-hydrogen) atoms. The van der Waals surface area contributed by atoms with Crippen molar-refractivity contribution >= 4 is 5.91 Å². The minimum Gasteiger partial charge on any atom is -0.326 e. The van der Waals surface area contributed by atoms with Gasteiger partial charge in [0.1, 0.15) is 11.9 Å². The smallest absolute Gasteiger partial charge is 0.228 e. The highest BCUT2D eigenvalue weighted by molar-refractivity contribution is 5.79. The van der Waals surface area contributed by atoms with Gasteiger partial charge in [-0.2, -0.15) is 5.26 Å². The maximum absolute atomic E-state index is 12.7. The maximum Gasteiger partial charge on any atom is 0.228 e. The Kier molecular flexibility index (Phi) is 3.38. The monoisotopic (exact) mass is 232 g/mol. The Morgan fingerprint density at radius 1 is 1.47 bits per heavy atom. The second-order valence-electron chi connectivity index (χ2n) is 4.18. The minimum absolute atomic E-state index is 0.0549. The zero-order valence-electron chi connectivity index (χ0n) is 9.40. The molecule has 1 atom stereocenters. The van der Waals surface area contributed by atoms with Crippen LogP contribution in [0.2, 0.25) is 0 Å². The van der Waals surface area contributed by atoms with Crippen molar-refractivity contribution in [3.63, 3.8) is 0 Å². The molecule has 1 aliphatic rings. The second-order valence-corrected chi connectivity index (χ2v) is 4.18. The standard InChI is InChI=1S/C13H13FN2O/c14-11-5-3-10(4-6-11)8-13(17)16-7-1-2-12(16)9-15/h3-6,12H,1-2,7-8H2. The van der Waals surface area contributed by atoms with E-state index < -0.39 is 0 Å². The first-order chi connectivity index (χ1) is 8.20. The highest BCUT2D eigenvalue weighted by Gasteiger charge is 2.28. The molecule has 1 aliphatic heterocycles. The van der Waals surface area contributed by atoms with Gasteiger partial charge in [0.05, 0.1) is 12.5 Å². The predicted molar refractivity (Wildman–Crippen MR) is 60.5 cm³/mol. The summed E-state index contributed by atoms with van der Waals surface area (Å²) in [5, 5.41) is 8.89. The lowest BCUT2D eigenvalue weighted by Gasteiger charge is -2.19. The summed E-state index contributed by atoms with van der Waals surface area (Å²) in [7, 11) is 0. The number of likely N-dealkylation sites (tertiary alicyclic amines) is 1. The van der Waals surface area contributed by atoms with Gasteiger partial charge in [-0.25, -0.2) is 4.39 Å². The van der Waals surface area contributed by atoms with Crippen molar-refractivity contribution in [2.45, 2.75) is 25.3 Å². The van der Waals surface area contributed by atoms with Gasteiger partial charge in [-0.15, -0.1) is 0 Å². The normalized spacial score (nSPS) is 19.1. The number of benzene rings is 1. The molecule has 0 radical (unpaired) electrons. The van der Waals surface area contributed by atoms with Gasteiger partial charge in [0.2, 0.25) is 5.91 Å². The predicted octanol–water partition coefficient (Wildman–Crippen LogP) is 1.88. The molecule has 1 unspecified atom stereocenters. The van der Waals surface area contributed by atoms with Crippen molar-refractivity contribution in [3.8, 4) is 6.07 Å². The first kappa shape index (κ1) is 11.6. The number of carbonyl (C=O) groups excluding carboxylic acids is 1. The fourth-order valence-electron chi connectivity index (χ4n) is 2.08. The van der Waals surface area contributed by atoms with Gasteiger partial charge in [-0.3, -0.25) is 4.79 Å². The molecule has 2 rings (SSSR count). The Balaban J connectivity index is 2.02. The SMILES string of the molecule is N#CC1CCCN1C(=O)Cc1ccc(F)cc1. The van der Waals surface area contributed by atoms with Crippen molar-refractivity contribution in [2.24, 2.45) is 0 Å². The van der Waals surface area contributed by atoms with Crippen LogP contribution < -0.4 is 0 Å². The lowest BCUT2D eigenvalue weighted by molar-refractivity contribution is -0.130. The third-order valence-electron chi connectivity index (χ3n) is 2.99. The molecule has 1 amide bonds. The molecule has 0 aliphatic carbocycles. The minimum atomic E-state index is -0.308. The van der Waals surface area contributed by atoms with Crippen molar-refractivity contribution in [1.82, 2.24) is 4.90 Å². The molecule has 1 saturated heterocycles. The number of rotatable bonds is 2. The molecule has 88 valence electrons. The van der Waals surface area contributed by atoms with E-state index in [1.807, 2.05) is 0 Å². The number of amides is 1. The van der Waals surface area contributed by atoms with E-state index in [0.717, 1.165) is 18.4 Å².